The Balaban J connectivity index is 1.34. The van der Waals surface area contributed by atoms with Crippen molar-refractivity contribution in [3.05, 3.63) is 102 Å². The summed E-state index contributed by atoms with van der Waals surface area (Å²) in [5, 5.41) is 11.2. The fourth-order valence-electron chi connectivity index (χ4n) is 4.91. The number of rotatable bonds is 11. The lowest BCUT2D eigenvalue weighted by molar-refractivity contribution is -0.149. The number of carboxylic acids is 1. The van der Waals surface area contributed by atoms with Gasteiger partial charge in [-0.25, -0.2) is 9.59 Å². The Kier molecular flexibility index (Phi) is 10.9. The van der Waals surface area contributed by atoms with E-state index in [1.54, 1.807) is 24.3 Å². The molecule has 0 bridgehead atoms. The van der Waals surface area contributed by atoms with E-state index in [2.05, 4.69) is 5.32 Å². The van der Waals surface area contributed by atoms with Gasteiger partial charge in [0.05, 0.1) is 17.8 Å². The minimum absolute atomic E-state index is 0.0704. The van der Waals surface area contributed by atoms with Crippen molar-refractivity contribution >= 4 is 40.8 Å². The number of benzene rings is 3. The van der Waals surface area contributed by atoms with Gasteiger partial charge in [-0.3, -0.25) is 14.4 Å². The third-order valence-electron chi connectivity index (χ3n) is 6.90. The molecule has 2 N–H and O–H groups in total. The van der Waals surface area contributed by atoms with Gasteiger partial charge in [0.2, 0.25) is 11.8 Å². The molecule has 3 aromatic carbocycles. The number of ether oxygens (including phenoxy) is 2. The van der Waals surface area contributed by atoms with Crippen molar-refractivity contribution in [2.45, 2.75) is 50.1 Å². The van der Waals surface area contributed by atoms with Crippen LogP contribution in [0.4, 0.5) is 4.79 Å². The zero-order valence-electron chi connectivity index (χ0n) is 23.5. The zero-order valence-corrected chi connectivity index (χ0v) is 24.3. The molecule has 2 amide bonds. The highest BCUT2D eigenvalue weighted by atomic mass is 32.2. The molecule has 4 rings (SSSR count). The van der Waals surface area contributed by atoms with Gasteiger partial charge in [0.15, 0.2) is 5.12 Å². The summed E-state index contributed by atoms with van der Waals surface area (Å²) in [6.07, 6.45) is 0.107. The van der Waals surface area contributed by atoms with E-state index >= 15 is 0 Å². The van der Waals surface area contributed by atoms with Crippen LogP contribution in [0.2, 0.25) is 0 Å². The number of carbonyl (C=O) groups excluding carboxylic acids is 4. The van der Waals surface area contributed by atoms with Gasteiger partial charge in [0.1, 0.15) is 18.4 Å². The van der Waals surface area contributed by atoms with Gasteiger partial charge in [0, 0.05) is 6.92 Å². The first-order chi connectivity index (χ1) is 20.7. The number of nitrogens with one attached hydrogen (secondary N) is 1. The van der Waals surface area contributed by atoms with E-state index < -0.39 is 47.8 Å². The first-order valence-electron chi connectivity index (χ1n) is 13.7. The van der Waals surface area contributed by atoms with Crippen LogP contribution in [0.1, 0.15) is 42.5 Å². The number of carbonyl (C=O) groups is 5. The summed E-state index contributed by atoms with van der Waals surface area (Å²) in [4.78, 5) is 63.5. The number of amides is 2. The molecule has 0 aromatic heterocycles. The lowest BCUT2D eigenvalue weighted by Gasteiger charge is -2.29. The number of hydrogen-bond donors (Lipinski definition) is 2. The Bertz CT molecular complexity index is 1430. The maximum absolute atomic E-state index is 13.2. The molecule has 10 nitrogen and oxygen atoms in total. The largest absolute Gasteiger partial charge is 0.514 e. The highest BCUT2D eigenvalue weighted by Crippen LogP contribution is 2.36. The van der Waals surface area contributed by atoms with Crippen LogP contribution in [-0.2, 0) is 36.9 Å². The summed E-state index contributed by atoms with van der Waals surface area (Å²) in [6.45, 7) is 1.01. The number of carboxylic acid groups (broad SMARTS) is 1. The van der Waals surface area contributed by atoms with E-state index in [4.69, 9.17) is 9.47 Å². The number of thioether (sulfide) groups is 1. The summed E-state index contributed by atoms with van der Waals surface area (Å²) < 4.78 is 10.3. The van der Waals surface area contributed by atoms with Crippen LogP contribution in [0.3, 0.4) is 0 Å². The fourth-order valence-corrected chi connectivity index (χ4v) is 5.78. The van der Waals surface area contributed by atoms with Crippen LogP contribution < -0.4 is 10.1 Å². The zero-order chi connectivity index (χ0) is 30.8. The fraction of sp³-hybridized carbons (Fsp3) is 0.281. The monoisotopic (exact) mass is 604 g/mol. The highest BCUT2D eigenvalue weighted by Gasteiger charge is 2.41. The van der Waals surface area contributed by atoms with Gasteiger partial charge in [-0.15, -0.1) is 0 Å². The second-order valence-electron chi connectivity index (χ2n) is 9.95. The molecule has 1 heterocycles. The van der Waals surface area contributed by atoms with Crippen LogP contribution in [0.15, 0.2) is 84.9 Å². The predicted molar refractivity (Wildman–Crippen MR) is 159 cm³/mol. The molecule has 43 heavy (non-hydrogen) atoms. The number of hydrogen-bond acceptors (Lipinski definition) is 8. The minimum Gasteiger partial charge on any atom is -0.480 e. The number of likely N-dealkylation sites (tertiary alicyclic amines) is 1. The molecular weight excluding hydrogens is 572 g/mol. The molecule has 11 heteroatoms. The molecule has 0 radical (unpaired) electrons. The smallest absolute Gasteiger partial charge is 0.480 e. The van der Waals surface area contributed by atoms with Gasteiger partial charge in [0.25, 0.3) is 0 Å². The highest BCUT2D eigenvalue weighted by molar-refractivity contribution is 8.14. The molecule has 2 unspecified atom stereocenters. The molecular formula is C32H32N2O8S. The predicted octanol–water partition coefficient (Wildman–Crippen LogP) is 4.53. The first kappa shape index (κ1) is 31.3. The molecule has 1 saturated heterocycles. The average molecular weight is 605 g/mol. The molecule has 1 fully saturated rings. The minimum atomic E-state index is -1.10. The Morgan fingerprint density at radius 1 is 0.907 bits per heavy atom. The van der Waals surface area contributed by atoms with Crippen LogP contribution in [0.5, 0.6) is 5.75 Å². The van der Waals surface area contributed by atoms with Crippen LogP contribution in [-0.4, -0.2) is 56.9 Å². The lowest BCUT2D eigenvalue weighted by Crippen LogP contribution is -2.47. The topological polar surface area (TPSA) is 139 Å². The van der Waals surface area contributed by atoms with E-state index in [0.717, 1.165) is 22.9 Å². The molecule has 0 saturated carbocycles. The van der Waals surface area contributed by atoms with Gasteiger partial charge in [-0.1, -0.05) is 84.6 Å². The van der Waals surface area contributed by atoms with Crippen molar-refractivity contribution in [2.24, 2.45) is 0 Å². The summed E-state index contributed by atoms with van der Waals surface area (Å²) in [5.41, 5.74) is 2.34. The lowest BCUT2D eigenvalue weighted by atomic mass is 10.0. The summed E-state index contributed by atoms with van der Waals surface area (Å²) >= 11 is 0.833. The molecule has 3 aromatic rings. The Morgan fingerprint density at radius 2 is 1.56 bits per heavy atom. The van der Waals surface area contributed by atoms with Crippen molar-refractivity contribution in [3.8, 4) is 5.75 Å². The van der Waals surface area contributed by atoms with Gasteiger partial charge < -0.3 is 24.8 Å². The Hall–Kier alpha value is -4.64. The molecule has 224 valence electrons. The number of aliphatic carboxylic acids is 1. The van der Waals surface area contributed by atoms with E-state index in [-0.39, 0.29) is 23.9 Å². The van der Waals surface area contributed by atoms with Crippen molar-refractivity contribution in [3.63, 3.8) is 0 Å². The van der Waals surface area contributed by atoms with Crippen molar-refractivity contribution in [1.82, 2.24) is 10.2 Å². The second-order valence-corrected chi connectivity index (χ2v) is 11.3. The van der Waals surface area contributed by atoms with Crippen molar-refractivity contribution < 1.29 is 38.6 Å². The van der Waals surface area contributed by atoms with E-state index in [9.17, 15) is 29.1 Å². The third-order valence-corrected chi connectivity index (χ3v) is 7.90. The van der Waals surface area contributed by atoms with E-state index in [1.807, 2.05) is 60.7 Å². The molecule has 0 aliphatic carbocycles. The van der Waals surface area contributed by atoms with Crippen molar-refractivity contribution in [1.29, 1.82) is 0 Å². The van der Waals surface area contributed by atoms with E-state index in [0.29, 0.717) is 18.4 Å². The van der Waals surface area contributed by atoms with Crippen LogP contribution in [0.25, 0.3) is 0 Å². The summed E-state index contributed by atoms with van der Waals surface area (Å²) in [5.74, 6) is -1.89. The molecule has 1 aliphatic rings. The third kappa shape index (κ3) is 8.92. The quantitative estimate of drug-likeness (QED) is 0.239. The maximum atomic E-state index is 13.2. The molecule has 1 aliphatic heterocycles. The maximum Gasteiger partial charge on any atom is 0.514 e. The normalized spacial score (nSPS) is 16.6. The van der Waals surface area contributed by atoms with Gasteiger partial charge in [-0.2, -0.15) is 0 Å². The molecule has 0 spiro atoms. The first-order valence-corrected chi connectivity index (χ1v) is 14.6. The van der Waals surface area contributed by atoms with Crippen LogP contribution in [0, 0.1) is 0 Å². The Labute approximate surface area is 253 Å². The SMILES string of the molecule is CC(=O)SC(Cc1ccc(OC(=O)OCc2ccccc2)cc1)C(=O)NCC(=O)N1C(c2ccccc2)CC[C@H]1C(=O)O. The van der Waals surface area contributed by atoms with Gasteiger partial charge >= 0.3 is 12.1 Å². The van der Waals surface area contributed by atoms with Gasteiger partial charge in [-0.05, 0) is 48.1 Å². The summed E-state index contributed by atoms with van der Waals surface area (Å²) in [6, 6.07) is 23.4. The van der Waals surface area contributed by atoms with Crippen LogP contribution >= 0.6 is 11.8 Å². The Morgan fingerprint density at radius 3 is 2.19 bits per heavy atom. The molecule has 3 atom stereocenters. The number of nitrogens with zero attached hydrogens (tertiary/aromatic N) is 1. The van der Waals surface area contributed by atoms with E-state index in [1.165, 1.54) is 11.8 Å². The average Bonchev–Trinajstić information content (AvgIpc) is 3.46. The second kappa shape index (κ2) is 15.0. The van der Waals surface area contributed by atoms with Crippen molar-refractivity contribution in [2.75, 3.05) is 6.54 Å². The standard InChI is InChI=1S/C32H32N2O8S/c1-21(35)43-28(18-22-12-14-25(15-13-22)42-32(40)41-20-23-8-4-2-5-9-23)30(37)33-19-29(36)34-26(16-17-27(34)31(38)39)24-10-6-3-7-11-24/h2-15,26-28H,16-20H2,1H3,(H,33,37)(H,38,39)/t26?,27-,28?/m0/s1. The summed E-state index contributed by atoms with van der Waals surface area (Å²) in [7, 11) is 0.